The summed E-state index contributed by atoms with van der Waals surface area (Å²) in [5, 5.41) is 4.96. The molecule has 0 bridgehead atoms. The zero-order valence-corrected chi connectivity index (χ0v) is 12.6. The Bertz CT molecular complexity index is 423. The number of nitrogens with zero attached hydrogens (tertiary/aromatic N) is 2. The fourth-order valence-corrected chi connectivity index (χ4v) is 4.01. The highest BCUT2D eigenvalue weighted by Crippen LogP contribution is 2.28. The lowest BCUT2D eigenvalue weighted by Crippen LogP contribution is -2.40. The molecule has 1 aliphatic carbocycles. The number of thioether (sulfide) groups is 1. The molecule has 2 heterocycles. The Kier molecular flexibility index (Phi) is 3.99. The van der Waals surface area contributed by atoms with E-state index in [9.17, 15) is 0 Å². The van der Waals surface area contributed by atoms with Crippen LogP contribution in [0, 0.1) is 0 Å². The van der Waals surface area contributed by atoms with Crippen LogP contribution in [0.25, 0.3) is 0 Å². The highest BCUT2D eigenvalue weighted by molar-refractivity contribution is 8.00. The van der Waals surface area contributed by atoms with Gasteiger partial charge >= 0.3 is 0 Å². The van der Waals surface area contributed by atoms with Crippen molar-refractivity contribution in [3.8, 4) is 0 Å². The largest absolute Gasteiger partial charge is 0.369 e. The van der Waals surface area contributed by atoms with Crippen LogP contribution in [0.5, 0.6) is 0 Å². The lowest BCUT2D eigenvalue weighted by molar-refractivity contribution is 0.672. The molecular formula is C15H23N3S. The lowest BCUT2D eigenvalue weighted by atomic mass is 10.2. The minimum atomic E-state index is 0.713. The monoisotopic (exact) mass is 277 g/mol. The summed E-state index contributed by atoms with van der Waals surface area (Å²) in [4.78, 5) is 6.99. The van der Waals surface area contributed by atoms with E-state index in [0.29, 0.717) is 10.5 Å². The Hall–Kier alpha value is -0.740. The first-order chi connectivity index (χ1) is 9.20. The zero-order chi connectivity index (χ0) is 13.2. The van der Waals surface area contributed by atoms with E-state index < -0.39 is 0 Å². The molecule has 0 amide bonds. The topological polar surface area (TPSA) is 28.2 Å². The van der Waals surface area contributed by atoms with Gasteiger partial charge in [0.2, 0.25) is 0 Å². The van der Waals surface area contributed by atoms with Crippen molar-refractivity contribution in [2.45, 2.75) is 49.8 Å². The third-order valence-electron chi connectivity index (χ3n) is 3.73. The molecular weight excluding hydrogens is 254 g/mol. The third kappa shape index (κ3) is 3.63. The summed E-state index contributed by atoms with van der Waals surface area (Å²) >= 11 is 2.10. The van der Waals surface area contributed by atoms with E-state index >= 15 is 0 Å². The molecule has 4 heteroatoms. The number of nitrogens with one attached hydrogen (secondary N) is 1. The van der Waals surface area contributed by atoms with Crippen LogP contribution < -0.4 is 10.2 Å². The summed E-state index contributed by atoms with van der Waals surface area (Å²) in [6, 6.07) is 5.15. The van der Waals surface area contributed by atoms with Crippen LogP contribution in [0.1, 0.15) is 32.4 Å². The standard InChI is InChI=1S/C15H23N3S/c1-11-9-18(10-12(2)19-11)15-5-6-16-14(7-15)8-17-13-3-4-13/h5-7,11-13,17H,3-4,8-10H2,1-2H3. The van der Waals surface area contributed by atoms with Crippen molar-refractivity contribution >= 4 is 17.4 Å². The van der Waals surface area contributed by atoms with Gasteiger partial charge in [-0.25, -0.2) is 0 Å². The molecule has 1 aliphatic heterocycles. The molecule has 0 aromatic carbocycles. The van der Waals surface area contributed by atoms with Crippen molar-refractivity contribution < 1.29 is 0 Å². The van der Waals surface area contributed by atoms with Crippen LogP contribution >= 0.6 is 11.8 Å². The van der Waals surface area contributed by atoms with Gasteiger partial charge in [-0.3, -0.25) is 4.98 Å². The number of hydrogen-bond acceptors (Lipinski definition) is 4. The highest BCUT2D eigenvalue weighted by atomic mass is 32.2. The van der Waals surface area contributed by atoms with Crippen LogP contribution in [-0.4, -0.2) is 34.6 Å². The first-order valence-corrected chi connectivity index (χ1v) is 8.23. The zero-order valence-electron chi connectivity index (χ0n) is 11.8. The van der Waals surface area contributed by atoms with Crippen LogP contribution in [0.15, 0.2) is 18.3 Å². The van der Waals surface area contributed by atoms with Gasteiger partial charge in [0.05, 0.1) is 5.69 Å². The molecule has 3 rings (SSSR count). The molecule has 1 aromatic heterocycles. The Morgan fingerprint density at radius 3 is 2.74 bits per heavy atom. The van der Waals surface area contributed by atoms with Gasteiger partial charge in [0.1, 0.15) is 0 Å². The number of rotatable bonds is 4. The van der Waals surface area contributed by atoms with E-state index in [1.807, 2.05) is 6.20 Å². The molecule has 1 N–H and O–H groups in total. The maximum Gasteiger partial charge on any atom is 0.0562 e. The normalized spacial score (nSPS) is 27.6. The van der Waals surface area contributed by atoms with Gasteiger partial charge in [-0.2, -0.15) is 11.8 Å². The summed E-state index contributed by atoms with van der Waals surface area (Å²) in [7, 11) is 0. The summed E-state index contributed by atoms with van der Waals surface area (Å²) < 4.78 is 0. The van der Waals surface area contributed by atoms with Gasteiger partial charge in [0.15, 0.2) is 0 Å². The Labute approximate surface area is 120 Å². The van der Waals surface area contributed by atoms with Crippen molar-refractivity contribution in [2.75, 3.05) is 18.0 Å². The second-order valence-corrected chi connectivity index (χ2v) is 7.70. The molecule has 2 atom stereocenters. The van der Waals surface area contributed by atoms with Crippen LogP contribution in [-0.2, 0) is 6.54 Å². The van der Waals surface area contributed by atoms with Crippen LogP contribution in [0.3, 0.4) is 0 Å². The van der Waals surface area contributed by atoms with Crippen molar-refractivity contribution in [2.24, 2.45) is 0 Å². The summed E-state index contributed by atoms with van der Waals surface area (Å²) in [6.45, 7) is 7.85. The van der Waals surface area contributed by atoms with Crippen molar-refractivity contribution in [3.63, 3.8) is 0 Å². The van der Waals surface area contributed by atoms with Crippen LogP contribution in [0.4, 0.5) is 5.69 Å². The lowest BCUT2D eigenvalue weighted by Gasteiger charge is -2.36. The van der Waals surface area contributed by atoms with E-state index in [-0.39, 0.29) is 0 Å². The van der Waals surface area contributed by atoms with Gasteiger partial charge in [0, 0.05) is 48.1 Å². The number of pyridine rings is 1. The number of hydrogen-bond donors (Lipinski definition) is 1. The molecule has 0 spiro atoms. The maximum atomic E-state index is 4.48. The van der Waals surface area contributed by atoms with Crippen molar-refractivity contribution in [1.29, 1.82) is 0 Å². The minimum Gasteiger partial charge on any atom is -0.369 e. The molecule has 1 aromatic rings. The summed E-state index contributed by atoms with van der Waals surface area (Å²) in [5.41, 5.74) is 2.50. The molecule has 0 radical (unpaired) electrons. The predicted molar refractivity (Wildman–Crippen MR) is 82.8 cm³/mol. The molecule has 104 valence electrons. The minimum absolute atomic E-state index is 0.713. The average molecular weight is 277 g/mol. The second kappa shape index (κ2) is 5.71. The SMILES string of the molecule is CC1CN(c2ccnc(CNC3CC3)c2)CC(C)S1. The smallest absolute Gasteiger partial charge is 0.0562 e. The van der Waals surface area contributed by atoms with E-state index in [1.165, 1.54) is 24.2 Å². The Balaban J connectivity index is 1.66. The Morgan fingerprint density at radius 1 is 1.32 bits per heavy atom. The number of aromatic nitrogens is 1. The molecule has 1 saturated carbocycles. The van der Waals surface area contributed by atoms with Gasteiger partial charge in [0.25, 0.3) is 0 Å². The third-order valence-corrected chi connectivity index (χ3v) is 4.96. The fourth-order valence-electron chi connectivity index (χ4n) is 2.68. The van der Waals surface area contributed by atoms with Gasteiger partial charge in [-0.1, -0.05) is 13.8 Å². The first kappa shape index (κ1) is 13.3. The van der Waals surface area contributed by atoms with Crippen molar-refractivity contribution in [3.05, 3.63) is 24.0 Å². The highest BCUT2D eigenvalue weighted by Gasteiger charge is 2.23. The second-order valence-electron chi connectivity index (χ2n) is 5.82. The predicted octanol–water partition coefficient (Wildman–Crippen LogP) is 2.66. The molecule has 19 heavy (non-hydrogen) atoms. The first-order valence-electron chi connectivity index (χ1n) is 7.29. The maximum absolute atomic E-state index is 4.48. The molecule has 2 unspecified atom stereocenters. The molecule has 2 aliphatic rings. The van der Waals surface area contributed by atoms with Crippen molar-refractivity contribution in [1.82, 2.24) is 10.3 Å². The van der Waals surface area contributed by atoms with E-state index in [1.54, 1.807) is 0 Å². The van der Waals surface area contributed by atoms with Gasteiger partial charge in [-0.15, -0.1) is 0 Å². The number of anilines is 1. The van der Waals surface area contributed by atoms with Gasteiger partial charge < -0.3 is 10.2 Å². The van der Waals surface area contributed by atoms with E-state index in [0.717, 1.165) is 25.7 Å². The van der Waals surface area contributed by atoms with Gasteiger partial charge in [-0.05, 0) is 25.0 Å². The summed E-state index contributed by atoms with van der Waals surface area (Å²) in [5.74, 6) is 0. The van der Waals surface area contributed by atoms with Crippen LogP contribution in [0.2, 0.25) is 0 Å². The van der Waals surface area contributed by atoms with E-state index in [2.05, 4.69) is 52.9 Å². The average Bonchev–Trinajstić information content (AvgIpc) is 3.20. The van der Waals surface area contributed by atoms with E-state index in [4.69, 9.17) is 0 Å². The summed E-state index contributed by atoms with van der Waals surface area (Å²) in [6.07, 6.45) is 4.62. The Morgan fingerprint density at radius 2 is 2.05 bits per heavy atom. The molecule has 1 saturated heterocycles. The molecule has 3 nitrogen and oxygen atoms in total. The quantitative estimate of drug-likeness (QED) is 0.916. The molecule has 2 fully saturated rings. The fraction of sp³-hybridized carbons (Fsp3) is 0.667.